The summed E-state index contributed by atoms with van der Waals surface area (Å²) in [5.41, 5.74) is 0. The van der Waals surface area contributed by atoms with Crippen molar-refractivity contribution in [2.45, 2.75) is 0 Å². The normalized spacial score (nSPS) is 10.9. The summed E-state index contributed by atoms with van der Waals surface area (Å²) in [4.78, 5) is 0. The van der Waals surface area contributed by atoms with Crippen LogP contribution in [-0.4, -0.2) is 0 Å². The summed E-state index contributed by atoms with van der Waals surface area (Å²) in [6, 6.07) is 22.8. The molecule has 0 nitrogen and oxygen atoms in total. The maximum absolute atomic E-state index is 3.27. The second kappa shape index (κ2) is 2.85. The van der Waals surface area contributed by atoms with Crippen molar-refractivity contribution in [3.05, 3.63) is 60.7 Å². The van der Waals surface area contributed by atoms with E-state index in [0.29, 0.717) is 0 Å². The third kappa shape index (κ3) is 1.01. The SMILES string of the molecule is [c]1ccc2[c]cc3ccccc3c2c1. The first-order valence-corrected chi connectivity index (χ1v) is 4.64. The van der Waals surface area contributed by atoms with Gasteiger partial charge in [0, 0.05) is 0 Å². The average Bonchev–Trinajstić information content (AvgIpc) is 2.29. The van der Waals surface area contributed by atoms with Crippen molar-refractivity contribution in [2.24, 2.45) is 0 Å². The molecule has 0 aliphatic carbocycles. The van der Waals surface area contributed by atoms with Crippen LogP contribution in [0.1, 0.15) is 0 Å². The highest BCUT2D eigenvalue weighted by Crippen LogP contribution is 2.23. The number of hydrogen-bond donors (Lipinski definition) is 0. The molecule has 0 aliphatic rings. The molecule has 0 saturated carbocycles. The van der Waals surface area contributed by atoms with Crippen LogP contribution in [-0.2, 0) is 0 Å². The third-order valence-electron chi connectivity index (χ3n) is 2.50. The number of benzene rings is 3. The zero-order valence-corrected chi connectivity index (χ0v) is 7.62. The Bertz CT molecular complexity index is 539. The second-order valence-corrected chi connectivity index (χ2v) is 3.35. The van der Waals surface area contributed by atoms with Crippen molar-refractivity contribution in [2.75, 3.05) is 0 Å². The van der Waals surface area contributed by atoms with Crippen molar-refractivity contribution in [3.8, 4) is 0 Å². The van der Waals surface area contributed by atoms with Crippen molar-refractivity contribution in [1.82, 2.24) is 0 Å². The first-order chi connectivity index (χ1) is 6.95. The van der Waals surface area contributed by atoms with Gasteiger partial charge in [0.2, 0.25) is 0 Å². The van der Waals surface area contributed by atoms with E-state index in [0.717, 1.165) is 5.39 Å². The molecule has 0 heteroatoms. The van der Waals surface area contributed by atoms with Gasteiger partial charge < -0.3 is 0 Å². The van der Waals surface area contributed by atoms with Crippen LogP contribution in [0.2, 0.25) is 0 Å². The van der Waals surface area contributed by atoms with E-state index in [1.165, 1.54) is 16.2 Å². The summed E-state index contributed by atoms with van der Waals surface area (Å²) >= 11 is 0. The minimum absolute atomic E-state index is 1.16. The molecule has 2 radical (unpaired) electrons. The molecule has 0 saturated heterocycles. The fourth-order valence-corrected chi connectivity index (χ4v) is 1.80. The standard InChI is InChI=1S/C14H8/c1-3-7-13-11(5-1)9-10-12-6-2-4-8-14(12)13/h1-3,5-9H. The van der Waals surface area contributed by atoms with E-state index in [4.69, 9.17) is 0 Å². The highest BCUT2D eigenvalue weighted by Gasteiger charge is 1.97. The van der Waals surface area contributed by atoms with Crippen LogP contribution >= 0.6 is 0 Å². The van der Waals surface area contributed by atoms with Crippen LogP contribution in [0.5, 0.6) is 0 Å². The highest BCUT2D eigenvalue weighted by molar-refractivity contribution is 6.06. The Balaban J connectivity index is 2.61. The van der Waals surface area contributed by atoms with E-state index >= 15 is 0 Å². The molecule has 0 atom stereocenters. The largest absolute Gasteiger partial charge is 0.0616 e. The first-order valence-electron chi connectivity index (χ1n) is 4.64. The summed E-state index contributed by atoms with van der Waals surface area (Å²) < 4.78 is 0. The van der Waals surface area contributed by atoms with Crippen molar-refractivity contribution >= 4 is 21.5 Å². The molecule has 0 N–H and O–H groups in total. The molecule has 64 valence electrons. The molecule has 0 heterocycles. The minimum atomic E-state index is 1.16. The molecule has 0 amide bonds. The van der Waals surface area contributed by atoms with Crippen molar-refractivity contribution in [3.63, 3.8) is 0 Å². The summed E-state index contributed by atoms with van der Waals surface area (Å²) in [7, 11) is 0. The van der Waals surface area contributed by atoms with E-state index in [2.05, 4.69) is 36.4 Å². The summed E-state index contributed by atoms with van der Waals surface area (Å²) in [6.45, 7) is 0. The molecule has 3 rings (SSSR count). The Labute approximate surface area is 82.8 Å². The van der Waals surface area contributed by atoms with E-state index < -0.39 is 0 Å². The Morgan fingerprint density at radius 1 is 0.857 bits per heavy atom. The van der Waals surface area contributed by atoms with Gasteiger partial charge in [-0.1, -0.05) is 36.4 Å². The Kier molecular flexibility index (Phi) is 1.54. The lowest BCUT2D eigenvalue weighted by Crippen LogP contribution is -1.76. The summed E-state index contributed by atoms with van der Waals surface area (Å²) in [5.74, 6) is 0. The number of hydrogen-bond acceptors (Lipinski definition) is 0. The van der Waals surface area contributed by atoms with Crippen molar-refractivity contribution < 1.29 is 0 Å². The maximum Gasteiger partial charge on any atom is -0.00926 e. The van der Waals surface area contributed by atoms with Crippen LogP contribution < -0.4 is 0 Å². The molecule has 14 heavy (non-hydrogen) atoms. The predicted octanol–water partition coefficient (Wildman–Crippen LogP) is 3.59. The van der Waals surface area contributed by atoms with Gasteiger partial charge >= 0.3 is 0 Å². The fraction of sp³-hybridized carbons (Fsp3) is 0. The molecule has 3 aromatic rings. The molecule has 0 fully saturated rings. The van der Waals surface area contributed by atoms with E-state index in [1.807, 2.05) is 24.3 Å². The highest BCUT2D eigenvalue weighted by atomic mass is 14.0. The van der Waals surface area contributed by atoms with Crippen LogP contribution in [0, 0.1) is 12.1 Å². The van der Waals surface area contributed by atoms with Gasteiger partial charge in [0.05, 0.1) is 0 Å². The average molecular weight is 176 g/mol. The van der Waals surface area contributed by atoms with Gasteiger partial charge in [-0.15, -0.1) is 0 Å². The third-order valence-corrected chi connectivity index (χ3v) is 2.50. The molecular formula is C14H8. The molecule has 3 aromatic carbocycles. The van der Waals surface area contributed by atoms with Crippen molar-refractivity contribution in [1.29, 1.82) is 0 Å². The molecular weight excluding hydrogens is 168 g/mol. The lowest BCUT2D eigenvalue weighted by molar-refractivity contribution is 1.75. The maximum atomic E-state index is 3.27. The van der Waals surface area contributed by atoms with Gasteiger partial charge in [-0.05, 0) is 45.8 Å². The van der Waals surface area contributed by atoms with Crippen LogP contribution in [0.4, 0.5) is 0 Å². The second-order valence-electron chi connectivity index (χ2n) is 3.35. The van der Waals surface area contributed by atoms with Gasteiger partial charge in [-0.3, -0.25) is 0 Å². The zero-order chi connectivity index (χ0) is 9.38. The molecule has 0 aliphatic heterocycles. The summed E-state index contributed by atoms with van der Waals surface area (Å²) in [6.07, 6.45) is 0. The van der Waals surface area contributed by atoms with Gasteiger partial charge in [0.25, 0.3) is 0 Å². The van der Waals surface area contributed by atoms with Gasteiger partial charge in [0.15, 0.2) is 0 Å². The van der Waals surface area contributed by atoms with Gasteiger partial charge in [0.1, 0.15) is 0 Å². The lowest BCUT2D eigenvalue weighted by Gasteiger charge is -2.01. The van der Waals surface area contributed by atoms with Crippen LogP contribution in [0.3, 0.4) is 0 Å². The smallest absolute Gasteiger partial charge is 0.00926 e. The zero-order valence-electron chi connectivity index (χ0n) is 7.62. The quantitative estimate of drug-likeness (QED) is 0.459. The lowest BCUT2D eigenvalue weighted by atomic mass is 10.0. The Hall–Kier alpha value is -1.82. The van der Waals surface area contributed by atoms with Gasteiger partial charge in [-0.25, -0.2) is 0 Å². The monoisotopic (exact) mass is 176 g/mol. The van der Waals surface area contributed by atoms with E-state index in [-0.39, 0.29) is 0 Å². The predicted molar refractivity (Wildman–Crippen MR) is 59.1 cm³/mol. The summed E-state index contributed by atoms with van der Waals surface area (Å²) in [5, 5.41) is 4.89. The first kappa shape index (κ1) is 7.57. The number of rotatable bonds is 0. The number of fused-ring (bicyclic) bond motifs is 3. The molecule has 0 spiro atoms. The molecule has 0 unspecified atom stereocenters. The molecule has 0 aromatic heterocycles. The van der Waals surface area contributed by atoms with Crippen LogP contribution in [0.25, 0.3) is 21.5 Å². The van der Waals surface area contributed by atoms with Gasteiger partial charge in [-0.2, -0.15) is 0 Å². The topological polar surface area (TPSA) is 0 Å². The molecule has 0 bridgehead atoms. The van der Waals surface area contributed by atoms with E-state index in [9.17, 15) is 0 Å². The fourth-order valence-electron chi connectivity index (χ4n) is 1.80. The minimum Gasteiger partial charge on any atom is -0.0616 e. The Morgan fingerprint density at radius 3 is 2.79 bits per heavy atom. The van der Waals surface area contributed by atoms with Crippen LogP contribution in [0.15, 0.2) is 48.5 Å². The Morgan fingerprint density at radius 2 is 1.79 bits per heavy atom. The van der Waals surface area contributed by atoms with E-state index in [1.54, 1.807) is 0 Å².